The fourth-order valence-corrected chi connectivity index (χ4v) is 3.85. The minimum Gasteiger partial charge on any atom is -0.383 e. The van der Waals surface area contributed by atoms with Gasteiger partial charge in [-0.2, -0.15) is 4.98 Å². The van der Waals surface area contributed by atoms with E-state index in [9.17, 15) is 10.1 Å². The van der Waals surface area contributed by atoms with Gasteiger partial charge in [-0.1, -0.05) is 37.7 Å². The van der Waals surface area contributed by atoms with Gasteiger partial charge in [0.15, 0.2) is 5.82 Å². The first-order chi connectivity index (χ1) is 13.9. The molecule has 29 heavy (non-hydrogen) atoms. The van der Waals surface area contributed by atoms with Gasteiger partial charge >= 0.3 is 0 Å². The summed E-state index contributed by atoms with van der Waals surface area (Å²) in [6.07, 6.45) is 1.49. The minimum atomic E-state index is -0.447. The molecule has 0 spiro atoms. The van der Waals surface area contributed by atoms with Gasteiger partial charge in [-0.25, -0.2) is 4.98 Å². The van der Waals surface area contributed by atoms with Gasteiger partial charge in [0.1, 0.15) is 10.7 Å². The predicted octanol–water partition coefficient (Wildman–Crippen LogP) is 4.93. The number of halogens is 1. The van der Waals surface area contributed by atoms with Crippen molar-refractivity contribution in [3.63, 3.8) is 0 Å². The van der Waals surface area contributed by atoms with E-state index in [2.05, 4.69) is 45.3 Å². The molecule has 1 heterocycles. The molecule has 3 aromatic rings. The Bertz CT molecular complexity index is 1050. The van der Waals surface area contributed by atoms with Crippen molar-refractivity contribution >= 4 is 59.3 Å². The van der Waals surface area contributed by atoms with Crippen molar-refractivity contribution in [2.75, 3.05) is 36.3 Å². The Hall–Kier alpha value is -2.96. The van der Waals surface area contributed by atoms with E-state index in [-0.39, 0.29) is 19.6 Å². The molecular formula is C19H20ClN6O2P. The van der Waals surface area contributed by atoms with E-state index in [0.29, 0.717) is 22.2 Å². The molecule has 0 atom stereocenters. The molecule has 0 saturated heterocycles. The maximum Gasteiger partial charge on any atom is 0.294 e. The van der Waals surface area contributed by atoms with E-state index in [1.165, 1.54) is 17.6 Å². The normalized spacial score (nSPS) is 10.7. The van der Waals surface area contributed by atoms with Crippen LogP contribution in [-0.2, 0) is 0 Å². The zero-order chi connectivity index (χ0) is 21.0. The smallest absolute Gasteiger partial charge is 0.294 e. The molecule has 0 saturated carbocycles. The van der Waals surface area contributed by atoms with E-state index in [0.717, 1.165) is 5.69 Å². The Morgan fingerprint density at radius 1 is 1.10 bits per heavy atom. The molecule has 0 radical (unpaired) electrons. The molecule has 0 fully saturated rings. The molecule has 8 nitrogen and oxygen atoms in total. The Morgan fingerprint density at radius 2 is 1.86 bits per heavy atom. The molecule has 0 aliphatic rings. The van der Waals surface area contributed by atoms with Crippen molar-refractivity contribution in [1.82, 2.24) is 9.97 Å². The van der Waals surface area contributed by atoms with Gasteiger partial charge in [-0.3, -0.25) is 10.1 Å². The summed E-state index contributed by atoms with van der Waals surface area (Å²) in [7, 11) is 1.31. The third-order valence-electron chi connectivity index (χ3n) is 4.10. The van der Waals surface area contributed by atoms with Crippen LogP contribution in [0.3, 0.4) is 0 Å². The maximum atomic E-state index is 11.3. The molecular weight excluding hydrogens is 411 g/mol. The first-order valence-corrected chi connectivity index (χ1v) is 11.3. The van der Waals surface area contributed by atoms with Crippen LogP contribution in [0, 0.1) is 10.1 Å². The zero-order valence-electron chi connectivity index (χ0n) is 16.1. The number of rotatable bonds is 7. The SMILES string of the molecule is CNc1ccc(Nc2ncc(Cl)c(Nc3ccccc3P(C)C)n2)cc1[N+](=O)[O-]. The Kier molecular flexibility index (Phi) is 6.46. The molecule has 10 heteroatoms. The van der Waals surface area contributed by atoms with Crippen LogP contribution in [0.2, 0.25) is 5.02 Å². The summed E-state index contributed by atoms with van der Waals surface area (Å²) in [5.41, 5.74) is 1.81. The van der Waals surface area contributed by atoms with Crippen LogP contribution >= 0.6 is 19.5 Å². The third kappa shape index (κ3) is 4.91. The first kappa shape index (κ1) is 20.8. The lowest BCUT2D eigenvalue weighted by Crippen LogP contribution is -2.09. The van der Waals surface area contributed by atoms with Crippen molar-refractivity contribution in [3.8, 4) is 0 Å². The van der Waals surface area contributed by atoms with Crippen molar-refractivity contribution in [2.45, 2.75) is 0 Å². The number of hydrogen-bond acceptors (Lipinski definition) is 7. The number of para-hydroxylation sites is 1. The zero-order valence-corrected chi connectivity index (χ0v) is 17.8. The molecule has 0 bridgehead atoms. The van der Waals surface area contributed by atoms with Gasteiger partial charge in [0.2, 0.25) is 5.95 Å². The number of benzene rings is 2. The number of nitrogens with one attached hydrogen (secondary N) is 3. The molecule has 3 rings (SSSR count). The monoisotopic (exact) mass is 430 g/mol. The fourth-order valence-electron chi connectivity index (χ4n) is 2.71. The Balaban J connectivity index is 1.89. The molecule has 0 unspecified atom stereocenters. The Labute approximate surface area is 174 Å². The van der Waals surface area contributed by atoms with E-state index in [1.54, 1.807) is 19.2 Å². The molecule has 2 aromatic carbocycles. The van der Waals surface area contributed by atoms with Crippen LogP contribution < -0.4 is 21.3 Å². The number of nitro benzene ring substituents is 1. The summed E-state index contributed by atoms with van der Waals surface area (Å²) < 4.78 is 0. The second-order valence-electron chi connectivity index (χ2n) is 6.29. The highest BCUT2D eigenvalue weighted by Gasteiger charge is 2.15. The van der Waals surface area contributed by atoms with Gasteiger partial charge in [0, 0.05) is 24.5 Å². The van der Waals surface area contributed by atoms with Crippen molar-refractivity contribution in [3.05, 3.63) is 63.8 Å². The quantitative estimate of drug-likeness (QED) is 0.277. The van der Waals surface area contributed by atoms with Crippen LogP contribution in [0.15, 0.2) is 48.7 Å². The lowest BCUT2D eigenvalue weighted by molar-refractivity contribution is -0.383. The standard InChI is InChI=1S/C19H20ClN6O2P/c1-21-14-9-8-12(10-16(14)26(27)28)23-19-22-11-13(20)18(25-19)24-15-6-4-5-7-17(15)29(2)3/h4-11,21H,1-3H3,(H2,22,23,24,25). The van der Waals surface area contributed by atoms with E-state index in [1.807, 2.05) is 18.2 Å². The number of hydrogen-bond donors (Lipinski definition) is 3. The minimum absolute atomic E-state index is 0.0435. The maximum absolute atomic E-state index is 11.3. The van der Waals surface area contributed by atoms with Gasteiger partial charge < -0.3 is 16.0 Å². The van der Waals surface area contributed by atoms with Crippen LogP contribution in [-0.4, -0.2) is 35.3 Å². The summed E-state index contributed by atoms with van der Waals surface area (Å²) in [5.74, 6) is 0.728. The Morgan fingerprint density at radius 3 is 2.55 bits per heavy atom. The van der Waals surface area contributed by atoms with Crippen molar-refractivity contribution in [2.24, 2.45) is 0 Å². The van der Waals surface area contributed by atoms with Gasteiger partial charge in [0.25, 0.3) is 5.69 Å². The van der Waals surface area contributed by atoms with Crippen molar-refractivity contribution < 1.29 is 4.92 Å². The third-order valence-corrected chi connectivity index (χ3v) is 5.73. The predicted molar refractivity (Wildman–Crippen MR) is 121 cm³/mol. The summed E-state index contributed by atoms with van der Waals surface area (Å²) in [4.78, 5) is 19.4. The van der Waals surface area contributed by atoms with Gasteiger partial charge in [-0.15, -0.1) is 0 Å². The molecule has 1 aromatic heterocycles. The molecule has 0 aliphatic heterocycles. The van der Waals surface area contributed by atoms with Gasteiger partial charge in [0.05, 0.1) is 11.1 Å². The van der Waals surface area contributed by atoms with Crippen molar-refractivity contribution in [1.29, 1.82) is 0 Å². The number of aromatic nitrogens is 2. The topological polar surface area (TPSA) is 105 Å². The lowest BCUT2D eigenvalue weighted by atomic mass is 10.2. The summed E-state index contributed by atoms with van der Waals surface area (Å²) in [5, 5.41) is 21.9. The van der Waals surface area contributed by atoms with Crippen LogP contribution in [0.4, 0.5) is 34.5 Å². The fraction of sp³-hybridized carbons (Fsp3) is 0.158. The highest BCUT2D eigenvalue weighted by Crippen LogP contribution is 2.32. The van der Waals surface area contributed by atoms with Crippen LogP contribution in [0.1, 0.15) is 0 Å². The highest BCUT2D eigenvalue weighted by molar-refractivity contribution is 7.64. The number of nitrogens with zero attached hydrogens (tertiary/aromatic N) is 3. The lowest BCUT2D eigenvalue weighted by Gasteiger charge is -2.15. The molecule has 0 amide bonds. The first-order valence-electron chi connectivity index (χ1n) is 8.68. The van der Waals surface area contributed by atoms with E-state index in [4.69, 9.17) is 11.6 Å². The van der Waals surface area contributed by atoms with E-state index >= 15 is 0 Å². The van der Waals surface area contributed by atoms with E-state index < -0.39 is 4.92 Å². The second-order valence-corrected chi connectivity index (χ2v) is 8.97. The van der Waals surface area contributed by atoms with Crippen LogP contribution in [0.25, 0.3) is 0 Å². The van der Waals surface area contributed by atoms with Gasteiger partial charge in [-0.05, 0) is 36.8 Å². The second kappa shape index (κ2) is 9.03. The largest absolute Gasteiger partial charge is 0.383 e. The van der Waals surface area contributed by atoms with Crippen LogP contribution in [0.5, 0.6) is 0 Å². The summed E-state index contributed by atoms with van der Waals surface area (Å²) >= 11 is 6.28. The molecule has 150 valence electrons. The number of anilines is 5. The summed E-state index contributed by atoms with van der Waals surface area (Å²) in [6, 6.07) is 12.7. The summed E-state index contributed by atoms with van der Waals surface area (Å²) in [6.45, 7) is 4.35. The average molecular weight is 431 g/mol. The molecule has 3 N–H and O–H groups in total. The highest BCUT2D eigenvalue weighted by atomic mass is 35.5. The number of nitro groups is 1. The molecule has 0 aliphatic carbocycles. The average Bonchev–Trinajstić information content (AvgIpc) is 2.70.